The smallest absolute Gasteiger partial charge is 0.320 e. The predicted octanol–water partition coefficient (Wildman–Crippen LogP) is 1.68. The van der Waals surface area contributed by atoms with Gasteiger partial charge < -0.3 is 10.4 Å². The summed E-state index contributed by atoms with van der Waals surface area (Å²) in [4.78, 5) is 10.8. The number of aliphatic carboxylic acids is 1. The summed E-state index contributed by atoms with van der Waals surface area (Å²) in [5, 5.41) is 11.9. The molecule has 0 aromatic heterocycles. The number of likely N-dealkylation sites (N-methyl/N-ethyl adjacent to an activating group) is 1. The number of nitrogens with one attached hydrogen (secondary N) is 1. The SMILES string of the molecule is CCN[C@H](CCc1ccccc1)C(=O)O. The molecular formula is C12H17NO2. The summed E-state index contributed by atoms with van der Waals surface area (Å²) in [5.74, 6) is -0.771. The molecular weight excluding hydrogens is 190 g/mol. The van der Waals surface area contributed by atoms with E-state index in [1.807, 2.05) is 37.3 Å². The van der Waals surface area contributed by atoms with E-state index >= 15 is 0 Å². The second-order valence-electron chi connectivity index (χ2n) is 3.47. The van der Waals surface area contributed by atoms with Crippen molar-refractivity contribution in [3.63, 3.8) is 0 Å². The molecule has 0 aliphatic rings. The van der Waals surface area contributed by atoms with Crippen LogP contribution >= 0.6 is 0 Å². The van der Waals surface area contributed by atoms with E-state index in [1.165, 1.54) is 5.56 Å². The molecule has 0 saturated heterocycles. The number of carboxylic acid groups (broad SMARTS) is 1. The quantitative estimate of drug-likeness (QED) is 0.746. The van der Waals surface area contributed by atoms with E-state index in [2.05, 4.69) is 5.32 Å². The van der Waals surface area contributed by atoms with Crippen LogP contribution in [0.4, 0.5) is 0 Å². The van der Waals surface area contributed by atoms with Crippen LogP contribution in [-0.2, 0) is 11.2 Å². The molecule has 0 heterocycles. The van der Waals surface area contributed by atoms with Crippen molar-refractivity contribution in [3.8, 4) is 0 Å². The van der Waals surface area contributed by atoms with Crippen LogP contribution in [0, 0.1) is 0 Å². The fraction of sp³-hybridized carbons (Fsp3) is 0.417. The van der Waals surface area contributed by atoms with Gasteiger partial charge in [-0.3, -0.25) is 4.79 Å². The Morgan fingerprint density at radius 2 is 2.07 bits per heavy atom. The molecule has 0 unspecified atom stereocenters. The van der Waals surface area contributed by atoms with E-state index in [0.717, 1.165) is 6.42 Å². The molecule has 0 aliphatic heterocycles. The van der Waals surface area contributed by atoms with E-state index < -0.39 is 12.0 Å². The molecule has 3 heteroatoms. The van der Waals surface area contributed by atoms with Gasteiger partial charge >= 0.3 is 5.97 Å². The van der Waals surface area contributed by atoms with Crippen molar-refractivity contribution >= 4 is 5.97 Å². The van der Waals surface area contributed by atoms with Crippen LogP contribution < -0.4 is 5.32 Å². The average Bonchev–Trinajstić information content (AvgIpc) is 2.25. The van der Waals surface area contributed by atoms with Gasteiger partial charge in [-0.25, -0.2) is 0 Å². The minimum atomic E-state index is -0.771. The zero-order chi connectivity index (χ0) is 11.1. The molecule has 1 aromatic rings. The van der Waals surface area contributed by atoms with Gasteiger partial charge in [-0.05, 0) is 24.9 Å². The van der Waals surface area contributed by atoms with Crippen molar-refractivity contribution in [1.29, 1.82) is 0 Å². The lowest BCUT2D eigenvalue weighted by molar-refractivity contribution is -0.139. The second-order valence-corrected chi connectivity index (χ2v) is 3.47. The summed E-state index contributed by atoms with van der Waals surface area (Å²) in [7, 11) is 0. The predicted molar refractivity (Wildman–Crippen MR) is 59.9 cm³/mol. The summed E-state index contributed by atoms with van der Waals surface area (Å²) in [6.45, 7) is 2.60. The van der Waals surface area contributed by atoms with Crippen molar-refractivity contribution < 1.29 is 9.90 Å². The number of rotatable bonds is 6. The third-order valence-electron chi connectivity index (χ3n) is 2.31. The molecule has 0 amide bonds. The minimum absolute atomic E-state index is 0.435. The minimum Gasteiger partial charge on any atom is -0.480 e. The molecule has 0 saturated carbocycles. The van der Waals surface area contributed by atoms with Gasteiger partial charge in [0.1, 0.15) is 6.04 Å². The van der Waals surface area contributed by atoms with Gasteiger partial charge in [0.15, 0.2) is 0 Å². The van der Waals surface area contributed by atoms with Crippen molar-refractivity contribution in [2.75, 3.05) is 6.54 Å². The van der Waals surface area contributed by atoms with E-state index in [9.17, 15) is 4.79 Å². The monoisotopic (exact) mass is 207 g/mol. The first kappa shape index (κ1) is 11.7. The highest BCUT2D eigenvalue weighted by Gasteiger charge is 2.14. The summed E-state index contributed by atoms with van der Waals surface area (Å²) < 4.78 is 0. The van der Waals surface area contributed by atoms with Gasteiger partial charge in [-0.2, -0.15) is 0 Å². The van der Waals surface area contributed by atoms with Crippen LogP contribution in [0.5, 0.6) is 0 Å². The van der Waals surface area contributed by atoms with E-state index in [1.54, 1.807) is 0 Å². The average molecular weight is 207 g/mol. The Morgan fingerprint density at radius 3 is 2.60 bits per heavy atom. The number of carboxylic acids is 1. The summed E-state index contributed by atoms with van der Waals surface area (Å²) in [6, 6.07) is 9.50. The van der Waals surface area contributed by atoms with Gasteiger partial charge in [-0.15, -0.1) is 0 Å². The first-order chi connectivity index (χ1) is 7.24. The molecule has 1 aromatic carbocycles. The van der Waals surface area contributed by atoms with Crippen LogP contribution in [0.3, 0.4) is 0 Å². The molecule has 0 spiro atoms. The van der Waals surface area contributed by atoms with E-state index in [-0.39, 0.29) is 0 Å². The molecule has 0 fully saturated rings. The Labute approximate surface area is 90.1 Å². The lowest BCUT2D eigenvalue weighted by Gasteiger charge is -2.12. The topological polar surface area (TPSA) is 49.3 Å². The van der Waals surface area contributed by atoms with Crippen molar-refractivity contribution in [2.45, 2.75) is 25.8 Å². The molecule has 2 N–H and O–H groups in total. The summed E-state index contributed by atoms with van der Waals surface area (Å²) in [5.41, 5.74) is 1.18. The number of hydrogen-bond donors (Lipinski definition) is 2. The van der Waals surface area contributed by atoms with Crippen molar-refractivity contribution in [3.05, 3.63) is 35.9 Å². The number of benzene rings is 1. The Bertz CT molecular complexity index is 298. The molecule has 1 rings (SSSR count). The number of carbonyl (C=O) groups is 1. The molecule has 1 atom stereocenters. The van der Waals surface area contributed by atoms with Gasteiger partial charge in [0.05, 0.1) is 0 Å². The van der Waals surface area contributed by atoms with Crippen LogP contribution in [0.15, 0.2) is 30.3 Å². The highest BCUT2D eigenvalue weighted by Crippen LogP contribution is 2.05. The van der Waals surface area contributed by atoms with Crippen LogP contribution in [0.25, 0.3) is 0 Å². The van der Waals surface area contributed by atoms with Gasteiger partial charge in [0.2, 0.25) is 0 Å². The lowest BCUT2D eigenvalue weighted by atomic mass is 10.1. The molecule has 0 bridgehead atoms. The second kappa shape index (κ2) is 6.19. The summed E-state index contributed by atoms with van der Waals surface area (Å²) >= 11 is 0. The Hall–Kier alpha value is -1.35. The maximum absolute atomic E-state index is 10.8. The van der Waals surface area contributed by atoms with Crippen LogP contribution in [0.1, 0.15) is 18.9 Å². The Kier molecular flexibility index (Phi) is 4.84. The van der Waals surface area contributed by atoms with Crippen molar-refractivity contribution in [1.82, 2.24) is 5.32 Å². The number of aryl methyl sites for hydroxylation is 1. The van der Waals surface area contributed by atoms with Crippen LogP contribution in [0.2, 0.25) is 0 Å². The summed E-state index contributed by atoms with van der Waals surface area (Å²) in [6.07, 6.45) is 1.43. The molecule has 15 heavy (non-hydrogen) atoms. The molecule has 0 aliphatic carbocycles. The Balaban J connectivity index is 2.43. The number of hydrogen-bond acceptors (Lipinski definition) is 2. The maximum atomic E-state index is 10.8. The van der Waals surface area contributed by atoms with Crippen molar-refractivity contribution in [2.24, 2.45) is 0 Å². The van der Waals surface area contributed by atoms with Crippen LogP contribution in [-0.4, -0.2) is 23.7 Å². The highest BCUT2D eigenvalue weighted by atomic mass is 16.4. The zero-order valence-electron chi connectivity index (χ0n) is 8.94. The van der Waals surface area contributed by atoms with Gasteiger partial charge in [0, 0.05) is 0 Å². The zero-order valence-corrected chi connectivity index (χ0v) is 8.94. The van der Waals surface area contributed by atoms with Gasteiger partial charge in [-0.1, -0.05) is 37.3 Å². The largest absolute Gasteiger partial charge is 0.480 e. The third-order valence-corrected chi connectivity index (χ3v) is 2.31. The highest BCUT2D eigenvalue weighted by molar-refractivity contribution is 5.73. The first-order valence-corrected chi connectivity index (χ1v) is 5.24. The van der Waals surface area contributed by atoms with Gasteiger partial charge in [0.25, 0.3) is 0 Å². The normalized spacial score (nSPS) is 12.3. The van der Waals surface area contributed by atoms with E-state index in [4.69, 9.17) is 5.11 Å². The molecule has 82 valence electrons. The standard InChI is InChI=1S/C12H17NO2/c1-2-13-11(12(14)15)9-8-10-6-4-3-5-7-10/h3-7,11,13H,2,8-9H2,1H3,(H,14,15)/t11-/m1/s1. The Morgan fingerprint density at radius 1 is 1.40 bits per heavy atom. The first-order valence-electron chi connectivity index (χ1n) is 5.24. The fourth-order valence-electron chi connectivity index (χ4n) is 1.51. The lowest BCUT2D eigenvalue weighted by Crippen LogP contribution is -2.36. The molecule has 3 nitrogen and oxygen atoms in total. The third kappa shape index (κ3) is 4.13. The van der Waals surface area contributed by atoms with E-state index in [0.29, 0.717) is 13.0 Å². The molecule has 0 radical (unpaired) electrons. The fourth-order valence-corrected chi connectivity index (χ4v) is 1.51. The maximum Gasteiger partial charge on any atom is 0.320 e.